The maximum absolute atomic E-state index is 12.1. The molecule has 2 aromatic rings. The molecule has 1 N–H and O–H groups in total. The standard InChI is InChI=1S/C14H12O6S/c1-19-12-9-11(15)7-8-13(12)21(17,18)20-14(16)10-5-3-2-4-6-10/h2-9,15H,1H3. The topological polar surface area (TPSA) is 89.9 Å². The first-order valence-corrected chi connectivity index (χ1v) is 7.26. The Kier molecular flexibility index (Phi) is 4.13. The van der Waals surface area contributed by atoms with E-state index in [2.05, 4.69) is 4.18 Å². The second-order valence-corrected chi connectivity index (χ2v) is 5.54. The van der Waals surface area contributed by atoms with Crippen molar-refractivity contribution in [3.05, 3.63) is 54.1 Å². The van der Waals surface area contributed by atoms with Crippen molar-refractivity contribution in [1.82, 2.24) is 0 Å². The Hall–Kier alpha value is -2.54. The summed E-state index contributed by atoms with van der Waals surface area (Å²) in [6, 6.07) is 11.1. The Bertz CT molecular complexity index is 752. The molecule has 2 rings (SSSR count). The predicted molar refractivity (Wildman–Crippen MR) is 73.7 cm³/mol. The van der Waals surface area contributed by atoms with Crippen LogP contribution in [0.2, 0.25) is 0 Å². The maximum Gasteiger partial charge on any atom is 0.354 e. The first kappa shape index (κ1) is 14.9. The van der Waals surface area contributed by atoms with Crippen molar-refractivity contribution in [2.45, 2.75) is 4.90 Å². The summed E-state index contributed by atoms with van der Waals surface area (Å²) in [5.41, 5.74) is 0.110. The van der Waals surface area contributed by atoms with Gasteiger partial charge in [0.05, 0.1) is 12.7 Å². The van der Waals surface area contributed by atoms with Crippen LogP contribution in [0, 0.1) is 0 Å². The van der Waals surface area contributed by atoms with E-state index in [9.17, 15) is 18.3 Å². The van der Waals surface area contributed by atoms with Crippen LogP contribution in [0.4, 0.5) is 0 Å². The molecule has 6 nitrogen and oxygen atoms in total. The zero-order valence-electron chi connectivity index (χ0n) is 11.0. The first-order chi connectivity index (χ1) is 9.94. The average molecular weight is 308 g/mol. The fourth-order valence-electron chi connectivity index (χ4n) is 1.63. The van der Waals surface area contributed by atoms with E-state index in [1.807, 2.05) is 0 Å². The molecule has 0 saturated carbocycles. The van der Waals surface area contributed by atoms with Crippen LogP contribution in [0.25, 0.3) is 0 Å². The molecule has 21 heavy (non-hydrogen) atoms. The Morgan fingerprint density at radius 2 is 1.76 bits per heavy atom. The summed E-state index contributed by atoms with van der Waals surface area (Å²) < 4.78 is 33.6. The largest absolute Gasteiger partial charge is 0.508 e. The average Bonchev–Trinajstić information content (AvgIpc) is 2.47. The summed E-state index contributed by atoms with van der Waals surface area (Å²) in [7, 11) is -3.11. The Morgan fingerprint density at radius 3 is 2.38 bits per heavy atom. The van der Waals surface area contributed by atoms with Crippen LogP contribution in [-0.4, -0.2) is 26.6 Å². The molecule has 0 aromatic heterocycles. The number of hydrogen-bond acceptors (Lipinski definition) is 6. The second kappa shape index (κ2) is 5.84. The van der Waals surface area contributed by atoms with E-state index >= 15 is 0 Å². The van der Waals surface area contributed by atoms with Gasteiger partial charge in [0.2, 0.25) is 0 Å². The zero-order chi connectivity index (χ0) is 15.5. The number of methoxy groups -OCH3 is 1. The van der Waals surface area contributed by atoms with E-state index < -0.39 is 16.1 Å². The lowest BCUT2D eigenvalue weighted by atomic mass is 10.2. The number of phenolic OH excluding ortho intramolecular Hbond substituents is 1. The van der Waals surface area contributed by atoms with Gasteiger partial charge in [0.25, 0.3) is 0 Å². The number of carbonyl (C=O) groups is 1. The molecule has 0 amide bonds. The van der Waals surface area contributed by atoms with E-state index in [0.29, 0.717) is 0 Å². The van der Waals surface area contributed by atoms with Crippen LogP contribution >= 0.6 is 0 Å². The van der Waals surface area contributed by atoms with Crippen molar-refractivity contribution in [3.8, 4) is 11.5 Å². The molecule has 110 valence electrons. The summed E-state index contributed by atoms with van der Waals surface area (Å²) >= 11 is 0. The van der Waals surface area contributed by atoms with Crippen LogP contribution in [0.15, 0.2) is 53.4 Å². The Balaban J connectivity index is 2.33. The van der Waals surface area contributed by atoms with Gasteiger partial charge in [-0.1, -0.05) is 18.2 Å². The van der Waals surface area contributed by atoms with Crippen molar-refractivity contribution >= 4 is 16.1 Å². The molecule has 0 radical (unpaired) electrons. The van der Waals surface area contributed by atoms with Gasteiger partial charge in [-0.2, -0.15) is 8.42 Å². The third-order valence-electron chi connectivity index (χ3n) is 2.61. The molecule has 0 unspecified atom stereocenters. The number of carbonyl (C=O) groups excluding carboxylic acids is 1. The van der Waals surface area contributed by atoms with Crippen molar-refractivity contribution in [1.29, 1.82) is 0 Å². The molecule has 0 aliphatic heterocycles. The number of phenols is 1. The molecular formula is C14H12O6S. The van der Waals surface area contributed by atoms with Gasteiger partial charge in [0, 0.05) is 6.07 Å². The highest BCUT2D eigenvalue weighted by molar-refractivity contribution is 7.87. The summed E-state index contributed by atoms with van der Waals surface area (Å²) in [5.74, 6) is -1.28. The van der Waals surface area contributed by atoms with E-state index in [1.54, 1.807) is 18.2 Å². The van der Waals surface area contributed by atoms with Crippen molar-refractivity contribution in [2.75, 3.05) is 7.11 Å². The minimum atomic E-state index is -4.35. The van der Waals surface area contributed by atoms with Gasteiger partial charge < -0.3 is 14.0 Å². The molecule has 0 saturated heterocycles. The highest BCUT2D eigenvalue weighted by Gasteiger charge is 2.25. The van der Waals surface area contributed by atoms with Gasteiger partial charge in [-0.3, -0.25) is 0 Å². The van der Waals surface area contributed by atoms with Gasteiger partial charge >= 0.3 is 16.1 Å². The van der Waals surface area contributed by atoms with E-state index in [4.69, 9.17) is 4.74 Å². The molecule has 0 aliphatic carbocycles. The molecule has 0 aliphatic rings. The van der Waals surface area contributed by atoms with Gasteiger partial charge in [-0.15, -0.1) is 0 Å². The quantitative estimate of drug-likeness (QED) is 0.868. The van der Waals surface area contributed by atoms with E-state index in [0.717, 1.165) is 18.2 Å². The molecule has 0 heterocycles. The molecule has 0 fully saturated rings. The van der Waals surface area contributed by atoms with Gasteiger partial charge in [0.1, 0.15) is 16.4 Å². The normalized spacial score (nSPS) is 10.9. The van der Waals surface area contributed by atoms with E-state index in [-0.39, 0.29) is 22.0 Å². The summed E-state index contributed by atoms with van der Waals surface area (Å²) in [4.78, 5) is 11.5. The van der Waals surface area contributed by atoms with Crippen LogP contribution in [-0.2, 0) is 14.3 Å². The summed E-state index contributed by atoms with van der Waals surface area (Å²) in [6.07, 6.45) is 0. The highest BCUT2D eigenvalue weighted by Crippen LogP contribution is 2.29. The number of ether oxygens (including phenoxy) is 1. The molecular weight excluding hydrogens is 296 g/mol. The lowest BCUT2D eigenvalue weighted by Crippen LogP contribution is -2.14. The molecule has 0 atom stereocenters. The Morgan fingerprint density at radius 1 is 1.10 bits per heavy atom. The monoisotopic (exact) mass is 308 g/mol. The van der Waals surface area contributed by atoms with Crippen LogP contribution in [0.5, 0.6) is 11.5 Å². The van der Waals surface area contributed by atoms with Crippen molar-refractivity contribution in [2.24, 2.45) is 0 Å². The summed E-state index contributed by atoms with van der Waals surface area (Å²) in [5, 5.41) is 9.31. The number of rotatable bonds is 4. The highest BCUT2D eigenvalue weighted by atomic mass is 32.2. The second-order valence-electron chi connectivity index (χ2n) is 4.03. The fourth-order valence-corrected chi connectivity index (χ4v) is 2.64. The molecule has 0 bridgehead atoms. The lowest BCUT2D eigenvalue weighted by Gasteiger charge is -2.10. The smallest absolute Gasteiger partial charge is 0.354 e. The maximum atomic E-state index is 12.1. The lowest BCUT2D eigenvalue weighted by molar-refractivity contribution is 0.0746. The fraction of sp³-hybridized carbons (Fsp3) is 0.0714. The SMILES string of the molecule is COc1cc(O)ccc1S(=O)(=O)OC(=O)c1ccccc1. The summed E-state index contributed by atoms with van der Waals surface area (Å²) in [6.45, 7) is 0. The third-order valence-corrected chi connectivity index (χ3v) is 3.86. The van der Waals surface area contributed by atoms with E-state index in [1.165, 1.54) is 19.2 Å². The van der Waals surface area contributed by atoms with Gasteiger partial charge in [0.15, 0.2) is 0 Å². The molecule has 7 heteroatoms. The van der Waals surface area contributed by atoms with Gasteiger partial charge in [-0.25, -0.2) is 4.79 Å². The predicted octanol–water partition coefficient (Wildman–Crippen LogP) is 1.95. The number of benzene rings is 2. The van der Waals surface area contributed by atoms with Crippen LogP contribution < -0.4 is 4.74 Å². The molecule has 2 aromatic carbocycles. The van der Waals surface area contributed by atoms with Crippen LogP contribution in [0.1, 0.15) is 10.4 Å². The minimum absolute atomic E-state index is 0.110. The molecule has 0 spiro atoms. The zero-order valence-corrected chi connectivity index (χ0v) is 11.8. The van der Waals surface area contributed by atoms with Crippen molar-refractivity contribution in [3.63, 3.8) is 0 Å². The van der Waals surface area contributed by atoms with Crippen LogP contribution in [0.3, 0.4) is 0 Å². The third kappa shape index (κ3) is 3.32. The Labute approximate surface area is 121 Å². The minimum Gasteiger partial charge on any atom is -0.508 e. The number of aromatic hydroxyl groups is 1. The first-order valence-electron chi connectivity index (χ1n) is 5.85. The van der Waals surface area contributed by atoms with Gasteiger partial charge in [-0.05, 0) is 24.3 Å². The number of hydrogen-bond donors (Lipinski definition) is 1. The van der Waals surface area contributed by atoms with Crippen molar-refractivity contribution < 1.29 is 27.2 Å².